The Labute approximate surface area is 242 Å². The molecule has 11 nitrogen and oxygen atoms in total. The van der Waals surface area contributed by atoms with Crippen molar-refractivity contribution in [3.05, 3.63) is 36.4 Å². The predicted molar refractivity (Wildman–Crippen MR) is 160 cm³/mol. The number of anilines is 3. The first-order chi connectivity index (χ1) is 19.4. The van der Waals surface area contributed by atoms with Crippen LogP contribution < -0.4 is 19.9 Å². The van der Waals surface area contributed by atoms with E-state index in [0.29, 0.717) is 54.8 Å². The summed E-state index contributed by atoms with van der Waals surface area (Å²) in [5.74, 6) is 1.23. The van der Waals surface area contributed by atoms with Crippen LogP contribution in [0, 0.1) is 17.8 Å². The number of fused-ring (bicyclic) bond motifs is 2. The molecule has 1 N–H and O–H groups in total. The smallest absolute Gasteiger partial charge is 0.327 e. The van der Waals surface area contributed by atoms with Gasteiger partial charge in [0.15, 0.2) is 5.65 Å². The normalized spacial score (nSPS) is 14.6. The summed E-state index contributed by atoms with van der Waals surface area (Å²) in [5.41, 5.74) is 2.66. The second-order valence-electron chi connectivity index (χ2n) is 12.1. The quantitative estimate of drug-likeness (QED) is 0.334. The summed E-state index contributed by atoms with van der Waals surface area (Å²) in [4.78, 5) is 39.3. The standard InChI is InChI=1S/C30H43N7O4/c1-9-21(28(38)41-30(5,6)7)20(4)16-35(15-19(2)3)24-10-12-31-27-22(24)11-13-36(27)29(39)34-23-17-37-26(32-18-33-37)14-25(23)40-8/h10,12,14,17-21H,9,11,13,15-16H2,1-8H3,(H,34,39). The maximum Gasteiger partial charge on any atom is 0.327 e. The number of nitrogens with one attached hydrogen (secondary N) is 1. The van der Waals surface area contributed by atoms with Gasteiger partial charge in [0.1, 0.15) is 29.2 Å². The topological polar surface area (TPSA) is 114 Å². The number of amides is 2. The van der Waals surface area contributed by atoms with E-state index in [1.807, 2.05) is 33.8 Å². The molecule has 3 aromatic rings. The van der Waals surface area contributed by atoms with Gasteiger partial charge in [-0.2, -0.15) is 5.10 Å². The summed E-state index contributed by atoms with van der Waals surface area (Å²) in [6.45, 7) is 16.2. The van der Waals surface area contributed by atoms with Crippen LogP contribution in [-0.4, -0.2) is 63.9 Å². The molecule has 1 aliphatic rings. The molecule has 3 aromatic heterocycles. The van der Waals surface area contributed by atoms with Gasteiger partial charge in [0.25, 0.3) is 0 Å². The molecular weight excluding hydrogens is 522 g/mol. The fourth-order valence-corrected chi connectivity index (χ4v) is 5.42. The number of aromatic nitrogens is 4. The van der Waals surface area contributed by atoms with Crippen LogP contribution in [0.2, 0.25) is 0 Å². The summed E-state index contributed by atoms with van der Waals surface area (Å²) in [6.07, 6.45) is 6.27. The molecule has 0 fully saturated rings. The van der Waals surface area contributed by atoms with E-state index in [0.717, 1.165) is 17.8 Å². The van der Waals surface area contributed by atoms with Crippen molar-refractivity contribution in [2.45, 2.75) is 66.9 Å². The number of rotatable bonds is 10. The average Bonchev–Trinajstić information content (AvgIpc) is 3.53. The number of ether oxygens (including phenoxy) is 2. The van der Waals surface area contributed by atoms with Crippen molar-refractivity contribution < 1.29 is 19.1 Å². The minimum absolute atomic E-state index is 0.0670. The molecule has 1 aliphatic heterocycles. The lowest BCUT2D eigenvalue weighted by Gasteiger charge is -2.34. The fraction of sp³-hybridized carbons (Fsp3) is 0.567. The SMILES string of the molecule is CCC(C(=O)OC(C)(C)C)C(C)CN(CC(C)C)c1ccnc2c1CCN2C(=O)Nc1cn2ncnc2cc1OC. The van der Waals surface area contributed by atoms with E-state index in [9.17, 15) is 9.59 Å². The number of methoxy groups -OCH3 is 1. The molecule has 11 heteroatoms. The maximum atomic E-state index is 13.5. The summed E-state index contributed by atoms with van der Waals surface area (Å²) >= 11 is 0. The number of esters is 1. The summed E-state index contributed by atoms with van der Waals surface area (Å²) in [6, 6.07) is 3.44. The first-order valence-corrected chi connectivity index (χ1v) is 14.3. The van der Waals surface area contributed by atoms with Crippen LogP contribution in [0.15, 0.2) is 30.9 Å². The molecule has 0 saturated heterocycles. The molecule has 0 saturated carbocycles. The third-order valence-electron chi connectivity index (χ3n) is 7.20. The van der Waals surface area contributed by atoms with Gasteiger partial charge in [0.05, 0.1) is 19.2 Å². The van der Waals surface area contributed by atoms with Crippen molar-refractivity contribution in [2.24, 2.45) is 17.8 Å². The van der Waals surface area contributed by atoms with Crippen molar-refractivity contribution in [3.63, 3.8) is 0 Å². The third kappa shape index (κ3) is 6.89. The molecule has 0 aliphatic carbocycles. The van der Waals surface area contributed by atoms with Gasteiger partial charge in [0, 0.05) is 43.1 Å². The Morgan fingerprint density at radius 3 is 2.59 bits per heavy atom. The van der Waals surface area contributed by atoms with E-state index in [-0.39, 0.29) is 23.8 Å². The van der Waals surface area contributed by atoms with Crippen LogP contribution in [0.3, 0.4) is 0 Å². The molecule has 2 amide bonds. The first-order valence-electron chi connectivity index (χ1n) is 14.3. The Morgan fingerprint density at radius 1 is 1.17 bits per heavy atom. The zero-order chi connectivity index (χ0) is 29.9. The second-order valence-corrected chi connectivity index (χ2v) is 12.1. The van der Waals surface area contributed by atoms with Crippen molar-refractivity contribution in [1.82, 2.24) is 19.6 Å². The lowest BCUT2D eigenvalue weighted by atomic mass is 9.90. The molecule has 0 aromatic carbocycles. The van der Waals surface area contributed by atoms with Gasteiger partial charge in [-0.15, -0.1) is 0 Å². The van der Waals surface area contributed by atoms with Crippen LogP contribution in [0.5, 0.6) is 5.75 Å². The Morgan fingerprint density at radius 2 is 1.93 bits per heavy atom. The molecular formula is C30H43N7O4. The number of pyridine rings is 2. The number of carbonyl (C=O) groups is 2. The van der Waals surface area contributed by atoms with Crippen LogP contribution in [0.1, 0.15) is 60.5 Å². The molecule has 0 bridgehead atoms. The predicted octanol–water partition coefficient (Wildman–Crippen LogP) is 5.19. The van der Waals surface area contributed by atoms with E-state index in [4.69, 9.17) is 9.47 Å². The second kappa shape index (κ2) is 12.3. The summed E-state index contributed by atoms with van der Waals surface area (Å²) in [7, 11) is 1.55. The van der Waals surface area contributed by atoms with Crippen LogP contribution in [0.4, 0.5) is 22.0 Å². The van der Waals surface area contributed by atoms with Crippen molar-refractivity contribution in [2.75, 3.05) is 41.9 Å². The number of urea groups is 1. The molecule has 2 unspecified atom stereocenters. The zero-order valence-corrected chi connectivity index (χ0v) is 25.5. The van der Waals surface area contributed by atoms with E-state index in [1.54, 1.807) is 35.0 Å². The highest BCUT2D eigenvalue weighted by atomic mass is 16.6. The Kier molecular flexibility index (Phi) is 9.04. The van der Waals surface area contributed by atoms with Gasteiger partial charge in [0.2, 0.25) is 0 Å². The van der Waals surface area contributed by atoms with Crippen LogP contribution >= 0.6 is 0 Å². The first kappa shape index (κ1) is 30.1. The van der Waals surface area contributed by atoms with Crippen molar-refractivity contribution >= 4 is 34.8 Å². The number of carbonyl (C=O) groups excluding carboxylic acids is 2. The Balaban J connectivity index is 1.57. The maximum absolute atomic E-state index is 13.5. The van der Waals surface area contributed by atoms with E-state index in [1.165, 1.54) is 6.33 Å². The fourth-order valence-electron chi connectivity index (χ4n) is 5.42. The van der Waals surface area contributed by atoms with Crippen molar-refractivity contribution in [3.8, 4) is 5.75 Å². The molecule has 0 radical (unpaired) electrons. The lowest BCUT2D eigenvalue weighted by Crippen LogP contribution is -2.39. The Hall–Kier alpha value is -3.89. The zero-order valence-electron chi connectivity index (χ0n) is 25.5. The van der Waals surface area contributed by atoms with E-state index < -0.39 is 5.60 Å². The molecule has 222 valence electrons. The summed E-state index contributed by atoms with van der Waals surface area (Å²) in [5, 5.41) is 7.12. The van der Waals surface area contributed by atoms with Gasteiger partial charge >= 0.3 is 12.0 Å². The molecule has 41 heavy (non-hydrogen) atoms. The highest BCUT2D eigenvalue weighted by Crippen LogP contribution is 2.36. The third-order valence-corrected chi connectivity index (χ3v) is 7.20. The van der Waals surface area contributed by atoms with Crippen molar-refractivity contribution in [1.29, 1.82) is 0 Å². The van der Waals surface area contributed by atoms with Gasteiger partial charge in [-0.25, -0.2) is 19.3 Å². The van der Waals surface area contributed by atoms with E-state index in [2.05, 4.69) is 46.1 Å². The van der Waals surface area contributed by atoms with E-state index >= 15 is 0 Å². The monoisotopic (exact) mass is 565 g/mol. The minimum atomic E-state index is -0.525. The van der Waals surface area contributed by atoms with Gasteiger partial charge in [-0.05, 0) is 51.5 Å². The van der Waals surface area contributed by atoms with Crippen LogP contribution in [0.25, 0.3) is 5.65 Å². The lowest BCUT2D eigenvalue weighted by molar-refractivity contribution is -0.161. The summed E-state index contributed by atoms with van der Waals surface area (Å²) < 4.78 is 12.8. The molecule has 0 spiro atoms. The molecule has 4 rings (SSSR count). The van der Waals surface area contributed by atoms with Gasteiger partial charge in [-0.1, -0.05) is 27.7 Å². The van der Waals surface area contributed by atoms with Gasteiger partial charge in [-0.3, -0.25) is 9.69 Å². The highest BCUT2D eigenvalue weighted by Gasteiger charge is 2.33. The van der Waals surface area contributed by atoms with Gasteiger partial charge < -0.3 is 19.7 Å². The minimum Gasteiger partial charge on any atom is -0.494 e. The highest BCUT2D eigenvalue weighted by molar-refractivity contribution is 6.03. The number of hydrogen-bond donors (Lipinski definition) is 1. The van der Waals surface area contributed by atoms with Crippen LogP contribution in [-0.2, 0) is 16.0 Å². The largest absolute Gasteiger partial charge is 0.494 e. The average molecular weight is 566 g/mol. The molecule has 2 atom stereocenters. The number of hydrogen-bond acceptors (Lipinski definition) is 8. The molecule has 4 heterocycles. The number of nitrogens with zero attached hydrogens (tertiary/aromatic N) is 6. The Bertz CT molecular complexity index is 1380.